The van der Waals surface area contributed by atoms with Gasteiger partial charge in [0.15, 0.2) is 0 Å². The fourth-order valence-electron chi connectivity index (χ4n) is 3.74. The number of hydrogen-bond donors (Lipinski definition) is 0. The number of benzene rings is 1. The summed E-state index contributed by atoms with van der Waals surface area (Å²) >= 11 is 3.74. The van der Waals surface area contributed by atoms with Crippen LogP contribution in [0.1, 0.15) is 33.1 Å². The molecule has 20 heavy (non-hydrogen) atoms. The van der Waals surface area contributed by atoms with Gasteiger partial charge in [-0.05, 0) is 53.4 Å². The van der Waals surface area contributed by atoms with Crippen molar-refractivity contribution in [1.29, 1.82) is 0 Å². The molecule has 0 aromatic heterocycles. The van der Waals surface area contributed by atoms with Crippen LogP contribution in [0.5, 0.6) is 0 Å². The average molecular weight is 337 g/mol. The van der Waals surface area contributed by atoms with Crippen LogP contribution in [0.2, 0.25) is 0 Å². The predicted octanol–water partition coefficient (Wildman–Crippen LogP) is 4.15. The van der Waals surface area contributed by atoms with Crippen molar-refractivity contribution < 1.29 is 0 Å². The van der Waals surface area contributed by atoms with Gasteiger partial charge in [0, 0.05) is 29.6 Å². The van der Waals surface area contributed by atoms with Gasteiger partial charge in [-0.3, -0.25) is 4.90 Å². The summed E-state index contributed by atoms with van der Waals surface area (Å²) in [5, 5.41) is 0. The molecule has 3 heteroatoms. The van der Waals surface area contributed by atoms with E-state index in [9.17, 15) is 0 Å². The molecule has 110 valence electrons. The van der Waals surface area contributed by atoms with E-state index in [0.29, 0.717) is 12.0 Å². The molecular formula is C17H25BrN2. The minimum absolute atomic E-state index is 0.628. The largest absolute Gasteiger partial charge is 0.365 e. The number of halogens is 1. The highest BCUT2D eigenvalue weighted by atomic mass is 79.9. The molecular weight excluding hydrogens is 312 g/mol. The molecule has 0 saturated carbocycles. The molecule has 2 heterocycles. The molecule has 1 aromatic rings. The molecule has 2 aliphatic heterocycles. The zero-order chi connectivity index (χ0) is 14.1. The van der Waals surface area contributed by atoms with Crippen LogP contribution in [0.4, 0.5) is 5.69 Å². The predicted molar refractivity (Wildman–Crippen MR) is 89.3 cm³/mol. The summed E-state index contributed by atoms with van der Waals surface area (Å²) in [7, 11) is 0. The second-order valence-corrected chi connectivity index (χ2v) is 7.41. The normalized spacial score (nSPS) is 27.7. The van der Waals surface area contributed by atoms with E-state index in [-0.39, 0.29) is 0 Å². The Kier molecular flexibility index (Phi) is 4.37. The van der Waals surface area contributed by atoms with Crippen molar-refractivity contribution in [3.63, 3.8) is 0 Å². The van der Waals surface area contributed by atoms with E-state index in [1.165, 1.54) is 49.1 Å². The molecule has 2 aliphatic rings. The van der Waals surface area contributed by atoms with Crippen molar-refractivity contribution in [3.05, 3.63) is 28.7 Å². The van der Waals surface area contributed by atoms with Crippen LogP contribution in [0.15, 0.2) is 28.7 Å². The van der Waals surface area contributed by atoms with Gasteiger partial charge >= 0.3 is 0 Å². The summed E-state index contributed by atoms with van der Waals surface area (Å²) in [6, 6.07) is 10.1. The summed E-state index contributed by atoms with van der Waals surface area (Å²) in [6.45, 7) is 8.43. The quantitative estimate of drug-likeness (QED) is 0.800. The molecule has 2 atom stereocenters. The lowest BCUT2D eigenvalue weighted by molar-refractivity contribution is 0.100. The van der Waals surface area contributed by atoms with Crippen LogP contribution >= 0.6 is 15.9 Å². The second-order valence-electron chi connectivity index (χ2n) is 6.56. The smallest absolute Gasteiger partial charge is 0.0514 e. The summed E-state index contributed by atoms with van der Waals surface area (Å²) in [6.07, 6.45) is 4.15. The van der Waals surface area contributed by atoms with Gasteiger partial charge in [-0.25, -0.2) is 0 Å². The first-order valence-corrected chi connectivity index (χ1v) is 8.71. The summed E-state index contributed by atoms with van der Waals surface area (Å²) in [5.74, 6) is 0.685. The van der Waals surface area contributed by atoms with Gasteiger partial charge in [-0.15, -0.1) is 0 Å². The number of rotatable bonds is 2. The zero-order valence-electron chi connectivity index (χ0n) is 12.6. The number of anilines is 1. The molecule has 2 nitrogen and oxygen atoms in total. The van der Waals surface area contributed by atoms with Gasteiger partial charge in [0.2, 0.25) is 0 Å². The highest BCUT2D eigenvalue weighted by Gasteiger charge is 2.36. The van der Waals surface area contributed by atoms with Gasteiger partial charge in [0.1, 0.15) is 0 Å². The fourth-order valence-corrected chi connectivity index (χ4v) is 4.25. The van der Waals surface area contributed by atoms with Crippen molar-refractivity contribution in [2.75, 3.05) is 24.5 Å². The average Bonchev–Trinajstić information content (AvgIpc) is 2.46. The summed E-state index contributed by atoms with van der Waals surface area (Å²) in [4.78, 5) is 5.39. The maximum atomic E-state index is 3.74. The number of piperidine rings is 1. The van der Waals surface area contributed by atoms with E-state index in [1.54, 1.807) is 0 Å². The molecule has 0 radical (unpaired) electrons. The van der Waals surface area contributed by atoms with E-state index < -0.39 is 0 Å². The van der Waals surface area contributed by atoms with E-state index in [2.05, 4.69) is 63.8 Å². The van der Waals surface area contributed by atoms with Gasteiger partial charge in [0.25, 0.3) is 0 Å². The van der Waals surface area contributed by atoms with E-state index >= 15 is 0 Å². The van der Waals surface area contributed by atoms with E-state index in [0.717, 1.165) is 6.04 Å². The second kappa shape index (κ2) is 6.07. The standard InChI is InChI=1S/C17H25BrN2/c1-13(2)17-12-19-10-6-5-7-14(19)11-20(17)16-9-4-3-8-15(16)18/h3-4,8-9,13-14,17H,5-7,10-12H2,1-2H3. The van der Waals surface area contributed by atoms with Crippen LogP contribution in [0.3, 0.4) is 0 Å². The summed E-state index contributed by atoms with van der Waals surface area (Å²) in [5.41, 5.74) is 1.37. The molecule has 0 bridgehead atoms. The Morgan fingerprint density at radius 1 is 1.15 bits per heavy atom. The third kappa shape index (κ3) is 2.75. The lowest BCUT2D eigenvalue weighted by Crippen LogP contribution is -2.61. The first-order valence-electron chi connectivity index (χ1n) is 7.92. The molecule has 0 spiro atoms. The molecule has 2 unspecified atom stereocenters. The third-order valence-corrected chi connectivity index (χ3v) is 5.58. The molecule has 0 N–H and O–H groups in total. The van der Waals surface area contributed by atoms with Crippen LogP contribution in [0.25, 0.3) is 0 Å². The molecule has 0 amide bonds. The highest BCUT2D eigenvalue weighted by Crippen LogP contribution is 2.34. The minimum atomic E-state index is 0.628. The Hall–Kier alpha value is -0.540. The van der Waals surface area contributed by atoms with Crippen molar-refractivity contribution >= 4 is 21.6 Å². The van der Waals surface area contributed by atoms with Crippen LogP contribution in [-0.2, 0) is 0 Å². The topological polar surface area (TPSA) is 6.48 Å². The van der Waals surface area contributed by atoms with Crippen LogP contribution in [0, 0.1) is 5.92 Å². The monoisotopic (exact) mass is 336 g/mol. The highest BCUT2D eigenvalue weighted by molar-refractivity contribution is 9.10. The van der Waals surface area contributed by atoms with E-state index in [1.807, 2.05) is 0 Å². The lowest BCUT2D eigenvalue weighted by atomic mass is 9.91. The molecule has 0 aliphatic carbocycles. The zero-order valence-corrected chi connectivity index (χ0v) is 14.1. The van der Waals surface area contributed by atoms with Gasteiger partial charge < -0.3 is 4.90 Å². The first-order chi connectivity index (χ1) is 9.66. The van der Waals surface area contributed by atoms with Gasteiger partial charge in [0.05, 0.1) is 5.69 Å². The Morgan fingerprint density at radius 2 is 1.95 bits per heavy atom. The Balaban J connectivity index is 1.88. The Morgan fingerprint density at radius 3 is 2.70 bits per heavy atom. The van der Waals surface area contributed by atoms with Crippen molar-refractivity contribution in [2.45, 2.75) is 45.2 Å². The van der Waals surface area contributed by atoms with E-state index in [4.69, 9.17) is 0 Å². The maximum Gasteiger partial charge on any atom is 0.0514 e. The van der Waals surface area contributed by atoms with Crippen LogP contribution in [-0.4, -0.2) is 36.6 Å². The van der Waals surface area contributed by atoms with Crippen molar-refractivity contribution in [3.8, 4) is 0 Å². The van der Waals surface area contributed by atoms with Crippen LogP contribution < -0.4 is 4.90 Å². The Bertz CT molecular complexity index is 460. The summed E-state index contributed by atoms with van der Waals surface area (Å²) < 4.78 is 1.23. The Labute approximate surface area is 131 Å². The number of fused-ring (bicyclic) bond motifs is 1. The van der Waals surface area contributed by atoms with Gasteiger partial charge in [-0.2, -0.15) is 0 Å². The van der Waals surface area contributed by atoms with Crippen molar-refractivity contribution in [2.24, 2.45) is 5.92 Å². The van der Waals surface area contributed by atoms with Gasteiger partial charge in [-0.1, -0.05) is 32.4 Å². The number of hydrogen-bond acceptors (Lipinski definition) is 2. The molecule has 1 aromatic carbocycles. The SMILES string of the molecule is CC(C)C1CN2CCCCC2CN1c1ccccc1Br. The fraction of sp³-hybridized carbons (Fsp3) is 0.647. The lowest BCUT2D eigenvalue weighted by Gasteiger charge is -2.51. The molecule has 2 saturated heterocycles. The van der Waals surface area contributed by atoms with Crippen molar-refractivity contribution in [1.82, 2.24) is 4.90 Å². The number of piperazine rings is 1. The molecule has 3 rings (SSSR count). The number of para-hydroxylation sites is 1. The molecule has 2 fully saturated rings. The third-order valence-electron chi connectivity index (χ3n) is 4.91. The first kappa shape index (κ1) is 14.4. The maximum absolute atomic E-state index is 3.74. The minimum Gasteiger partial charge on any atom is -0.365 e. The number of nitrogens with zero attached hydrogens (tertiary/aromatic N) is 2.